The minimum atomic E-state index is -0.105. The third kappa shape index (κ3) is 3.74. The van der Waals surface area contributed by atoms with E-state index in [9.17, 15) is 14.4 Å². The SMILES string of the molecule is CNC(=O)[C@H]1CCCN(C(=O)[C@@H]2CCCN(C(C)=O)C2)C1. The molecule has 0 radical (unpaired) electrons. The Bertz CT molecular complexity index is 424. The monoisotopic (exact) mass is 295 g/mol. The van der Waals surface area contributed by atoms with E-state index in [1.54, 1.807) is 18.9 Å². The Labute approximate surface area is 125 Å². The number of hydrogen-bond acceptors (Lipinski definition) is 3. The second-order valence-electron chi connectivity index (χ2n) is 6.04. The van der Waals surface area contributed by atoms with Crippen molar-refractivity contribution >= 4 is 17.7 Å². The molecule has 2 rings (SSSR count). The minimum absolute atomic E-state index is 0.0153. The maximum absolute atomic E-state index is 12.6. The first-order chi connectivity index (χ1) is 10.0. The fourth-order valence-electron chi connectivity index (χ4n) is 3.32. The molecule has 3 amide bonds. The molecule has 6 nitrogen and oxygen atoms in total. The average molecular weight is 295 g/mol. The lowest BCUT2D eigenvalue weighted by Gasteiger charge is -2.37. The molecule has 0 saturated carbocycles. The molecule has 21 heavy (non-hydrogen) atoms. The summed E-state index contributed by atoms with van der Waals surface area (Å²) in [5.41, 5.74) is 0. The van der Waals surface area contributed by atoms with Crippen LogP contribution in [0.5, 0.6) is 0 Å². The molecule has 2 fully saturated rings. The highest BCUT2D eigenvalue weighted by Crippen LogP contribution is 2.23. The smallest absolute Gasteiger partial charge is 0.227 e. The lowest BCUT2D eigenvalue weighted by atomic mass is 9.92. The molecule has 0 bridgehead atoms. The molecule has 2 saturated heterocycles. The van der Waals surface area contributed by atoms with Crippen molar-refractivity contribution in [3.05, 3.63) is 0 Å². The Morgan fingerprint density at radius 2 is 1.52 bits per heavy atom. The van der Waals surface area contributed by atoms with Gasteiger partial charge >= 0.3 is 0 Å². The highest BCUT2D eigenvalue weighted by atomic mass is 16.2. The van der Waals surface area contributed by atoms with E-state index in [0.717, 1.165) is 38.8 Å². The van der Waals surface area contributed by atoms with E-state index < -0.39 is 0 Å². The van der Waals surface area contributed by atoms with Gasteiger partial charge in [-0.05, 0) is 25.7 Å². The Kier molecular flexibility index (Phi) is 5.20. The Hall–Kier alpha value is -1.59. The second kappa shape index (κ2) is 6.91. The topological polar surface area (TPSA) is 69.7 Å². The number of nitrogens with zero attached hydrogens (tertiary/aromatic N) is 2. The lowest BCUT2D eigenvalue weighted by Crippen LogP contribution is -2.50. The van der Waals surface area contributed by atoms with Gasteiger partial charge in [0.15, 0.2) is 0 Å². The van der Waals surface area contributed by atoms with Crippen molar-refractivity contribution in [3.63, 3.8) is 0 Å². The fraction of sp³-hybridized carbons (Fsp3) is 0.800. The zero-order chi connectivity index (χ0) is 15.4. The van der Waals surface area contributed by atoms with Crippen molar-refractivity contribution in [2.24, 2.45) is 11.8 Å². The second-order valence-corrected chi connectivity index (χ2v) is 6.04. The van der Waals surface area contributed by atoms with Gasteiger partial charge in [0.25, 0.3) is 0 Å². The summed E-state index contributed by atoms with van der Waals surface area (Å²) in [6.07, 6.45) is 3.42. The summed E-state index contributed by atoms with van der Waals surface area (Å²) in [4.78, 5) is 39.4. The van der Waals surface area contributed by atoms with Crippen molar-refractivity contribution in [1.29, 1.82) is 0 Å². The molecule has 0 aromatic rings. The van der Waals surface area contributed by atoms with Crippen molar-refractivity contribution in [2.75, 3.05) is 33.2 Å². The highest BCUT2D eigenvalue weighted by molar-refractivity contribution is 5.83. The molecule has 2 aliphatic heterocycles. The maximum atomic E-state index is 12.6. The van der Waals surface area contributed by atoms with Crippen LogP contribution < -0.4 is 5.32 Å². The summed E-state index contributed by atoms with van der Waals surface area (Å²) in [7, 11) is 1.63. The van der Waals surface area contributed by atoms with Gasteiger partial charge < -0.3 is 15.1 Å². The first-order valence-electron chi connectivity index (χ1n) is 7.78. The Morgan fingerprint density at radius 1 is 0.952 bits per heavy atom. The number of rotatable bonds is 2. The first-order valence-corrected chi connectivity index (χ1v) is 7.78. The third-order valence-corrected chi connectivity index (χ3v) is 4.57. The fourth-order valence-corrected chi connectivity index (χ4v) is 3.32. The number of carbonyl (C=O) groups is 3. The number of nitrogens with one attached hydrogen (secondary N) is 1. The third-order valence-electron chi connectivity index (χ3n) is 4.57. The Morgan fingerprint density at radius 3 is 2.14 bits per heavy atom. The van der Waals surface area contributed by atoms with E-state index in [-0.39, 0.29) is 29.6 Å². The van der Waals surface area contributed by atoms with Crippen LogP contribution >= 0.6 is 0 Å². The van der Waals surface area contributed by atoms with Crippen LogP contribution in [-0.4, -0.2) is 60.7 Å². The first kappa shape index (κ1) is 15.8. The highest BCUT2D eigenvalue weighted by Gasteiger charge is 2.34. The molecule has 2 aliphatic rings. The van der Waals surface area contributed by atoms with E-state index in [4.69, 9.17) is 0 Å². The molecule has 2 atom stereocenters. The quantitative estimate of drug-likeness (QED) is 0.793. The van der Waals surface area contributed by atoms with Crippen LogP contribution in [0.3, 0.4) is 0 Å². The van der Waals surface area contributed by atoms with Crippen molar-refractivity contribution in [2.45, 2.75) is 32.6 Å². The van der Waals surface area contributed by atoms with Gasteiger partial charge in [-0.15, -0.1) is 0 Å². The number of likely N-dealkylation sites (tertiary alicyclic amines) is 2. The van der Waals surface area contributed by atoms with Crippen molar-refractivity contribution in [1.82, 2.24) is 15.1 Å². The summed E-state index contributed by atoms with van der Waals surface area (Å²) in [5, 5.41) is 2.67. The maximum Gasteiger partial charge on any atom is 0.227 e. The summed E-state index contributed by atoms with van der Waals surface area (Å²) in [5.74, 6) is -0.0447. The van der Waals surface area contributed by atoms with Crippen LogP contribution in [0.2, 0.25) is 0 Å². The molecule has 0 aliphatic carbocycles. The van der Waals surface area contributed by atoms with E-state index in [1.807, 2.05) is 4.90 Å². The minimum Gasteiger partial charge on any atom is -0.359 e. The van der Waals surface area contributed by atoms with Crippen LogP contribution in [0.25, 0.3) is 0 Å². The van der Waals surface area contributed by atoms with Gasteiger partial charge in [-0.3, -0.25) is 14.4 Å². The standard InChI is InChI=1S/C15H25N3O3/c1-11(19)17-7-4-6-13(10-17)15(21)18-8-3-5-12(9-18)14(20)16-2/h12-13H,3-10H2,1-2H3,(H,16,20)/t12-,13+/m0/s1. The molecule has 0 aromatic heterocycles. The number of carbonyl (C=O) groups excluding carboxylic acids is 3. The molecule has 2 heterocycles. The summed E-state index contributed by atoms with van der Waals surface area (Å²) in [6, 6.07) is 0. The van der Waals surface area contributed by atoms with Gasteiger partial charge in [-0.1, -0.05) is 0 Å². The normalized spacial score (nSPS) is 26.4. The predicted molar refractivity (Wildman–Crippen MR) is 78.3 cm³/mol. The number of hydrogen-bond donors (Lipinski definition) is 1. The van der Waals surface area contributed by atoms with Gasteiger partial charge in [0.1, 0.15) is 0 Å². The molecule has 1 N–H and O–H groups in total. The van der Waals surface area contributed by atoms with E-state index in [0.29, 0.717) is 13.1 Å². The largest absolute Gasteiger partial charge is 0.359 e. The average Bonchev–Trinajstić information content (AvgIpc) is 2.53. The van der Waals surface area contributed by atoms with E-state index in [1.165, 1.54) is 0 Å². The van der Waals surface area contributed by atoms with Crippen LogP contribution in [-0.2, 0) is 14.4 Å². The van der Waals surface area contributed by atoms with Crippen LogP contribution in [0, 0.1) is 11.8 Å². The van der Waals surface area contributed by atoms with Crippen molar-refractivity contribution in [3.8, 4) is 0 Å². The van der Waals surface area contributed by atoms with E-state index >= 15 is 0 Å². The molecular formula is C15H25N3O3. The van der Waals surface area contributed by atoms with Gasteiger partial charge in [0, 0.05) is 40.2 Å². The number of amides is 3. The lowest BCUT2D eigenvalue weighted by molar-refractivity contribution is -0.142. The summed E-state index contributed by atoms with van der Waals surface area (Å²) < 4.78 is 0. The van der Waals surface area contributed by atoms with Gasteiger partial charge in [0.2, 0.25) is 17.7 Å². The van der Waals surface area contributed by atoms with Gasteiger partial charge in [-0.2, -0.15) is 0 Å². The van der Waals surface area contributed by atoms with E-state index in [2.05, 4.69) is 5.32 Å². The van der Waals surface area contributed by atoms with Gasteiger partial charge in [-0.25, -0.2) is 0 Å². The number of piperidine rings is 2. The van der Waals surface area contributed by atoms with Crippen LogP contribution in [0.1, 0.15) is 32.6 Å². The van der Waals surface area contributed by atoms with Gasteiger partial charge in [0.05, 0.1) is 11.8 Å². The molecule has 6 heteroatoms. The summed E-state index contributed by atoms with van der Waals surface area (Å²) >= 11 is 0. The zero-order valence-electron chi connectivity index (χ0n) is 12.9. The zero-order valence-corrected chi connectivity index (χ0v) is 12.9. The molecule has 0 aromatic carbocycles. The van der Waals surface area contributed by atoms with Crippen LogP contribution in [0.4, 0.5) is 0 Å². The van der Waals surface area contributed by atoms with Crippen LogP contribution in [0.15, 0.2) is 0 Å². The molecular weight excluding hydrogens is 270 g/mol. The molecule has 0 unspecified atom stereocenters. The molecule has 118 valence electrons. The summed E-state index contributed by atoms with van der Waals surface area (Å²) in [6.45, 7) is 4.06. The van der Waals surface area contributed by atoms with Crippen molar-refractivity contribution < 1.29 is 14.4 Å². The Balaban J connectivity index is 1.95. The molecule has 0 spiro atoms. The predicted octanol–water partition coefficient (Wildman–Crippen LogP) is 0.230.